The summed E-state index contributed by atoms with van der Waals surface area (Å²) in [6.07, 6.45) is 1.92. The van der Waals surface area contributed by atoms with Gasteiger partial charge in [0.25, 0.3) is 5.91 Å². The maximum absolute atomic E-state index is 13.4. The van der Waals surface area contributed by atoms with Crippen LogP contribution in [0.15, 0.2) is 54.7 Å². The first-order valence-corrected chi connectivity index (χ1v) is 9.83. The van der Waals surface area contributed by atoms with Gasteiger partial charge in [-0.05, 0) is 31.8 Å². The molecule has 29 heavy (non-hydrogen) atoms. The van der Waals surface area contributed by atoms with Gasteiger partial charge in [-0.25, -0.2) is 0 Å². The number of nitrogens with one attached hydrogen (secondary N) is 2. The van der Waals surface area contributed by atoms with Gasteiger partial charge in [0.15, 0.2) is 0 Å². The fraction of sp³-hybridized carbons (Fsp3) is 0.304. The summed E-state index contributed by atoms with van der Waals surface area (Å²) in [5.74, 6) is -0.600. The highest BCUT2D eigenvalue weighted by atomic mass is 16.2. The topological polar surface area (TPSA) is 68.4 Å². The van der Waals surface area contributed by atoms with E-state index >= 15 is 0 Å². The van der Waals surface area contributed by atoms with Crippen molar-refractivity contribution in [1.82, 2.24) is 20.1 Å². The Morgan fingerprint density at radius 3 is 2.62 bits per heavy atom. The summed E-state index contributed by atoms with van der Waals surface area (Å²) in [5, 5.41) is 4.10. The lowest BCUT2D eigenvalue weighted by Crippen LogP contribution is -2.46. The highest BCUT2D eigenvalue weighted by Gasteiger charge is 2.43. The van der Waals surface area contributed by atoms with Gasteiger partial charge in [-0.2, -0.15) is 0 Å². The molecule has 2 amide bonds. The van der Waals surface area contributed by atoms with Crippen molar-refractivity contribution in [2.45, 2.75) is 12.0 Å². The number of aromatic amines is 1. The van der Waals surface area contributed by atoms with Crippen molar-refractivity contribution in [2.75, 3.05) is 34.2 Å². The molecule has 0 unspecified atom stereocenters. The number of hydrogen-bond acceptors (Lipinski definition) is 3. The lowest BCUT2D eigenvalue weighted by molar-refractivity contribution is -0.124. The smallest absolute Gasteiger partial charge is 0.254 e. The van der Waals surface area contributed by atoms with Crippen molar-refractivity contribution >= 4 is 22.7 Å². The number of hydrogen-bond donors (Lipinski definition) is 2. The first-order chi connectivity index (χ1) is 14.0. The Morgan fingerprint density at radius 1 is 1.10 bits per heavy atom. The minimum atomic E-state index is -0.477. The molecular weight excluding hydrogens is 364 g/mol. The maximum atomic E-state index is 13.4. The van der Waals surface area contributed by atoms with Crippen molar-refractivity contribution in [1.29, 1.82) is 0 Å². The average molecular weight is 390 g/mol. The molecule has 0 radical (unpaired) electrons. The van der Waals surface area contributed by atoms with Crippen molar-refractivity contribution in [2.24, 2.45) is 0 Å². The van der Waals surface area contributed by atoms with Crippen LogP contribution in [-0.2, 0) is 4.79 Å². The fourth-order valence-electron chi connectivity index (χ4n) is 4.20. The third-order valence-electron chi connectivity index (χ3n) is 5.66. The van der Waals surface area contributed by atoms with E-state index in [-0.39, 0.29) is 17.9 Å². The second kappa shape index (κ2) is 7.72. The lowest BCUT2D eigenvalue weighted by atomic mass is 9.79. The van der Waals surface area contributed by atoms with Gasteiger partial charge in [0.05, 0.1) is 12.0 Å². The van der Waals surface area contributed by atoms with Crippen LogP contribution in [0.2, 0.25) is 0 Å². The van der Waals surface area contributed by atoms with Crippen LogP contribution in [-0.4, -0.2) is 60.8 Å². The van der Waals surface area contributed by atoms with Crippen molar-refractivity contribution in [3.8, 4) is 0 Å². The molecule has 2 N–H and O–H groups in total. The molecule has 6 heteroatoms. The molecule has 3 aromatic rings. The molecule has 2 aromatic carbocycles. The molecule has 1 aromatic heterocycles. The van der Waals surface area contributed by atoms with Crippen LogP contribution in [0.1, 0.15) is 33.4 Å². The standard InChI is InChI=1S/C23H26N4O2/c1-26(2)13-12-24-22(28)20-16-9-4-5-10-17(16)23(29)27(3)21(20)18-14-25-19-11-7-6-8-15(18)19/h4-11,14,20-21,25H,12-13H2,1-3H3,(H,24,28)/t20-,21-/m0/s1. The molecule has 0 spiro atoms. The number of carbonyl (C=O) groups excluding carboxylic acids is 2. The van der Waals surface area contributed by atoms with E-state index in [0.29, 0.717) is 12.1 Å². The van der Waals surface area contributed by atoms with E-state index in [1.807, 2.05) is 67.7 Å². The zero-order valence-electron chi connectivity index (χ0n) is 17.0. The number of benzene rings is 2. The van der Waals surface area contributed by atoms with Gasteiger partial charge < -0.3 is 20.1 Å². The van der Waals surface area contributed by atoms with Crippen LogP contribution in [0, 0.1) is 0 Å². The number of amides is 2. The van der Waals surface area contributed by atoms with E-state index < -0.39 is 5.92 Å². The number of carbonyl (C=O) groups is 2. The summed E-state index contributed by atoms with van der Waals surface area (Å²) in [4.78, 5) is 33.5. The highest BCUT2D eigenvalue weighted by Crippen LogP contribution is 2.43. The Kier molecular flexibility index (Phi) is 5.11. The van der Waals surface area contributed by atoms with Gasteiger partial charge in [0.1, 0.15) is 0 Å². The first kappa shape index (κ1) is 19.2. The Labute approximate surface area is 170 Å². The van der Waals surface area contributed by atoms with Crippen molar-refractivity contribution in [3.63, 3.8) is 0 Å². The Balaban J connectivity index is 1.80. The van der Waals surface area contributed by atoms with Crippen molar-refractivity contribution < 1.29 is 9.59 Å². The molecule has 150 valence electrons. The second-order valence-corrected chi connectivity index (χ2v) is 7.81. The molecule has 0 fully saturated rings. The molecular formula is C23H26N4O2. The number of nitrogens with zero attached hydrogens (tertiary/aromatic N) is 2. The zero-order valence-corrected chi connectivity index (χ0v) is 17.0. The largest absolute Gasteiger partial charge is 0.361 e. The molecule has 0 bridgehead atoms. The number of H-pyrrole nitrogens is 1. The molecule has 1 aliphatic heterocycles. The Hall–Kier alpha value is -3.12. The normalized spacial score (nSPS) is 18.9. The molecule has 0 saturated carbocycles. The van der Waals surface area contributed by atoms with Crippen LogP contribution >= 0.6 is 0 Å². The molecule has 0 saturated heterocycles. The molecule has 4 rings (SSSR count). The molecule has 0 aliphatic carbocycles. The minimum absolute atomic E-state index is 0.0612. The fourth-order valence-corrected chi connectivity index (χ4v) is 4.20. The summed E-state index contributed by atoms with van der Waals surface area (Å²) in [6.45, 7) is 1.31. The van der Waals surface area contributed by atoms with Gasteiger partial charge in [-0.15, -0.1) is 0 Å². The van der Waals surface area contributed by atoms with Gasteiger partial charge in [-0.3, -0.25) is 9.59 Å². The predicted molar refractivity (Wildman–Crippen MR) is 114 cm³/mol. The van der Waals surface area contributed by atoms with E-state index in [1.165, 1.54) is 0 Å². The second-order valence-electron chi connectivity index (χ2n) is 7.81. The summed E-state index contributed by atoms with van der Waals surface area (Å²) in [7, 11) is 5.73. The highest BCUT2D eigenvalue weighted by molar-refractivity contribution is 6.02. The summed E-state index contributed by atoms with van der Waals surface area (Å²) in [6, 6.07) is 15.0. The number of para-hydroxylation sites is 1. The van der Waals surface area contributed by atoms with Crippen LogP contribution < -0.4 is 5.32 Å². The Bertz CT molecular complexity index is 1060. The lowest BCUT2D eigenvalue weighted by Gasteiger charge is -2.39. The molecule has 1 aliphatic rings. The van der Waals surface area contributed by atoms with E-state index in [2.05, 4.69) is 10.3 Å². The number of rotatable bonds is 5. The number of likely N-dealkylation sites (N-methyl/N-ethyl adjacent to an activating group) is 2. The third kappa shape index (κ3) is 3.40. The zero-order chi connectivity index (χ0) is 20.5. The third-order valence-corrected chi connectivity index (χ3v) is 5.66. The predicted octanol–water partition coefficient (Wildman–Crippen LogP) is 2.76. The van der Waals surface area contributed by atoms with Gasteiger partial charge in [-0.1, -0.05) is 36.4 Å². The summed E-state index contributed by atoms with van der Waals surface area (Å²) >= 11 is 0. The molecule has 2 atom stereocenters. The maximum Gasteiger partial charge on any atom is 0.254 e. The first-order valence-electron chi connectivity index (χ1n) is 9.83. The summed E-state index contributed by atoms with van der Waals surface area (Å²) < 4.78 is 0. The van der Waals surface area contributed by atoms with Crippen LogP contribution in [0.25, 0.3) is 10.9 Å². The monoisotopic (exact) mass is 390 g/mol. The van der Waals surface area contributed by atoms with E-state index in [0.717, 1.165) is 28.6 Å². The van der Waals surface area contributed by atoms with Crippen LogP contribution in [0.4, 0.5) is 0 Å². The molecule has 2 heterocycles. The number of fused-ring (bicyclic) bond motifs is 2. The van der Waals surface area contributed by atoms with E-state index in [9.17, 15) is 9.59 Å². The van der Waals surface area contributed by atoms with Crippen LogP contribution in [0.5, 0.6) is 0 Å². The number of aromatic nitrogens is 1. The minimum Gasteiger partial charge on any atom is -0.361 e. The van der Waals surface area contributed by atoms with Crippen molar-refractivity contribution in [3.05, 3.63) is 71.4 Å². The average Bonchev–Trinajstić information content (AvgIpc) is 3.14. The molecule has 6 nitrogen and oxygen atoms in total. The van der Waals surface area contributed by atoms with E-state index in [1.54, 1.807) is 18.0 Å². The van der Waals surface area contributed by atoms with Gasteiger partial charge >= 0.3 is 0 Å². The Morgan fingerprint density at radius 2 is 1.83 bits per heavy atom. The van der Waals surface area contributed by atoms with Gasteiger partial charge in [0, 0.05) is 48.4 Å². The quantitative estimate of drug-likeness (QED) is 0.704. The van der Waals surface area contributed by atoms with Crippen LogP contribution in [0.3, 0.4) is 0 Å². The SMILES string of the molecule is CN(C)CCNC(=O)[C@H]1c2ccccc2C(=O)N(C)[C@H]1c1c[nH]c2ccccc12. The van der Waals surface area contributed by atoms with Gasteiger partial charge in [0.2, 0.25) is 5.91 Å². The summed E-state index contributed by atoms with van der Waals surface area (Å²) in [5.41, 5.74) is 3.33. The van der Waals surface area contributed by atoms with E-state index in [4.69, 9.17) is 0 Å².